The highest BCUT2D eigenvalue weighted by Crippen LogP contribution is 2.57. The van der Waals surface area contributed by atoms with Crippen LogP contribution in [0.5, 0.6) is 0 Å². The van der Waals surface area contributed by atoms with Gasteiger partial charge in [-0.1, -0.05) is 42.3 Å². The van der Waals surface area contributed by atoms with Gasteiger partial charge in [-0.3, -0.25) is 0 Å². The smallest absolute Gasteiger partial charge is 0.177 e. The lowest BCUT2D eigenvalue weighted by Gasteiger charge is -2.53. The number of hydrogen-bond donors (Lipinski definition) is 0. The van der Waals surface area contributed by atoms with E-state index in [0.717, 1.165) is 0 Å². The van der Waals surface area contributed by atoms with Gasteiger partial charge in [0.15, 0.2) is 8.07 Å². The molecule has 266 valence electrons. The van der Waals surface area contributed by atoms with E-state index < -0.39 is 8.07 Å². The molecule has 7 heteroatoms. The molecule has 3 aromatic rings. The van der Waals surface area contributed by atoms with Crippen LogP contribution in [0.1, 0.15) is 44.4 Å². The van der Waals surface area contributed by atoms with E-state index in [2.05, 4.69) is 205 Å². The van der Waals surface area contributed by atoms with Crippen LogP contribution in [-0.4, -0.2) is 92.6 Å². The summed E-state index contributed by atoms with van der Waals surface area (Å²) in [5.41, 5.74) is 15.9. The number of aryl methyl sites for hydroxylation is 3. The standard InChI is InChI=1S/C42H64N6Si/c1-27-20-23-33(43(8)9)39(36(27)46(14)15)49(42(7)26-30(4)31(5)32(42)6,40-34(44(10)11)24-21-28(2)37(40)47(16)17)41-35(45(12)13)25-22-29(3)38(41)48(18)19/h20-26H,1-19H3. The fourth-order valence-electron chi connectivity index (χ4n) is 8.89. The predicted molar refractivity (Wildman–Crippen MR) is 225 cm³/mol. The van der Waals surface area contributed by atoms with Crippen molar-refractivity contribution in [1.82, 2.24) is 0 Å². The summed E-state index contributed by atoms with van der Waals surface area (Å²) in [5, 5.41) is 4.02. The Balaban J connectivity index is 2.74. The highest BCUT2D eigenvalue weighted by Gasteiger charge is 2.62. The SMILES string of the molecule is CC1=CC(C)([Si](c2c(N(C)C)ccc(C)c2N(C)C)(c2c(N(C)C)ccc(C)c2N(C)C)c2c(N(C)C)ccc(C)c2N(C)C)C(C)=C1C. The van der Waals surface area contributed by atoms with Crippen molar-refractivity contribution < 1.29 is 0 Å². The zero-order chi connectivity index (χ0) is 37.1. The van der Waals surface area contributed by atoms with Crippen molar-refractivity contribution in [3.05, 3.63) is 75.9 Å². The summed E-state index contributed by atoms with van der Waals surface area (Å²) in [4.78, 5) is 14.3. The molecular formula is C42H64N6Si. The van der Waals surface area contributed by atoms with Crippen LogP contribution in [0.3, 0.4) is 0 Å². The van der Waals surface area contributed by atoms with E-state index >= 15 is 0 Å². The van der Waals surface area contributed by atoms with E-state index in [9.17, 15) is 0 Å². The minimum absolute atomic E-state index is 0.350. The number of nitrogens with zero attached hydrogens (tertiary/aromatic N) is 6. The van der Waals surface area contributed by atoms with Crippen molar-refractivity contribution in [2.24, 2.45) is 0 Å². The minimum atomic E-state index is -3.38. The van der Waals surface area contributed by atoms with Gasteiger partial charge in [-0.2, -0.15) is 0 Å². The molecule has 0 radical (unpaired) electrons. The fourth-order valence-corrected chi connectivity index (χ4v) is 16.8. The maximum Gasteiger partial charge on any atom is 0.177 e. The molecule has 0 amide bonds. The monoisotopic (exact) mass is 680 g/mol. The molecule has 0 spiro atoms. The van der Waals surface area contributed by atoms with E-state index in [1.807, 2.05) is 0 Å². The molecule has 1 atom stereocenters. The van der Waals surface area contributed by atoms with Crippen LogP contribution >= 0.6 is 0 Å². The van der Waals surface area contributed by atoms with Crippen molar-refractivity contribution >= 4 is 57.8 Å². The summed E-state index contributed by atoms with van der Waals surface area (Å²) in [7, 11) is 23.4. The molecular weight excluding hydrogens is 617 g/mol. The summed E-state index contributed by atoms with van der Waals surface area (Å²) >= 11 is 0. The summed E-state index contributed by atoms with van der Waals surface area (Å²) < 4.78 is 0. The summed E-state index contributed by atoms with van der Waals surface area (Å²) in [5.74, 6) is 0. The number of allylic oxidation sites excluding steroid dienone is 4. The third kappa shape index (κ3) is 5.72. The first-order valence-corrected chi connectivity index (χ1v) is 19.5. The maximum atomic E-state index is 2.66. The second-order valence-corrected chi connectivity index (χ2v) is 19.8. The van der Waals surface area contributed by atoms with Crippen LogP contribution < -0.4 is 45.0 Å². The van der Waals surface area contributed by atoms with Crippen LogP contribution in [0.15, 0.2) is 59.2 Å². The van der Waals surface area contributed by atoms with E-state index in [1.165, 1.54) is 83.1 Å². The third-order valence-corrected chi connectivity index (χ3v) is 17.0. The van der Waals surface area contributed by atoms with Crippen LogP contribution in [0.2, 0.25) is 5.04 Å². The predicted octanol–water partition coefficient (Wildman–Crippen LogP) is 6.53. The van der Waals surface area contributed by atoms with Gasteiger partial charge < -0.3 is 29.4 Å². The molecule has 0 saturated carbocycles. The normalized spacial score (nSPS) is 16.2. The van der Waals surface area contributed by atoms with Crippen molar-refractivity contribution in [2.75, 3.05) is 114 Å². The quantitative estimate of drug-likeness (QED) is 0.178. The highest BCUT2D eigenvalue weighted by atomic mass is 28.3. The second kappa shape index (κ2) is 13.5. The van der Waals surface area contributed by atoms with Crippen molar-refractivity contribution in [1.29, 1.82) is 0 Å². The summed E-state index contributed by atoms with van der Waals surface area (Å²) in [6.45, 7) is 16.6. The van der Waals surface area contributed by atoms with Crippen LogP contribution in [0, 0.1) is 20.8 Å². The Morgan fingerprint density at radius 2 is 0.714 bits per heavy atom. The Hall–Kier alpha value is -3.84. The summed E-state index contributed by atoms with van der Waals surface area (Å²) in [6, 6.07) is 14.1. The largest absolute Gasteiger partial charge is 0.378 e. The van der Waals surface area contributed by atoms with Gasteiger partial charge in [-0.25, -0.2) is 0 Å². The second-order valence-electron chi connectivity index (χ2n) is 15.8. The van der Waals surface area contributed by atoms with Crippen LogP contribution in [-0.2, 0) is 0 Å². The highest BCUT2D eigenvalue weighted by molar-refractivity contribution is 7.18. The third-order valence-electron chi connectivity index (χ3n) is 11.2. The van der Waals surface area contributed by atoms with Crippen LogP contribution in [0.4, 0.5) is 34.1 Å². The Kier molecular flexibility index (Phi) is 10.4. The number of anilines is 6. The number of hydrogen-bond acceptors (Lipinski definition) is 6. The molecule has 6 nitrogen and oxygen atoms in total. The molecule has 0 heterocycles. The average Bonchev–Trinajstić information content (AvgIpc) is 3.19. The first-order chi connectivity index (χ1) is 22.7. The molecule has 0 bridgehead atoms. The van der Waals surface area contributed by atoms with E-state index in [4.69, 9.17) is 0 Å². The van der Waals surface area contributed by atoms with Gasteiger partial charge in [-0.05, 0) is 97.6 Å². The lowest BCUT2D eigenvalue weighted by Crippen LogP contribution is -2.76. The molecule has 3 aromatic carbocycles. The lowest BCUT2D eigenvalue weighted by atomic mass is 10.0. The Labute approximate surface area is 300 Å². The lowest BCUT2D eigenvalue weighted by molar-refractivity contribution is 0.867. The Bertz CT molecular complexity index is 1640. The zero-order valence-electron chi connectivity index (χ0n) is 34.2. The number of rotatable bonds is 10. The van der Waals surface area contributed by atoms with E-state index in [-0.39, 0.29) is 5.04 Å². The van der Waals surface area contributed by atoms with Crippen LogP contribution in [0.25, 0.3) is 0 Å². The molecule has 0 N–H and O–H groups in total. The minimum Gasteiger partial charge on any atom is -0.378 e. The molecule has 0 aliphatic heterocycles. The van der Waals surface area contributed by atoms with Gasteiger partial charge >= 0.3 is 0 Å². The molecule has 49 heavy (non-hydrogen) atoms. The first-order valence-electron chi connectivity index (χ1n) is 17.5. The molecule has 1 aliphatic rings. The molecule has 0 saturated heterocycles. The van der Waals surface area contributed by atoms with E-state index in [0.29, 0.717) is 0 Å². The van der Waals surface area contributed by atoms with E-state index in [1.54, 1.807) is 0 Å². The van der Waals surface area contributed by atoms with Crippen molar-refractivity contribution in [2.45, 2.75) is 53.5 Å². The van der Waals surface area contributed by atoms with Gasteiger partial charge in [0.25, 0.3) is 0 Å². The molecule has 1 unspecified atom stereocenters. The molecule has 0 aromatic heterocycles. The van der Waals surface area contributed by atoms with Gasteiger partial charge in [0.2, 0.25) is 0 Å². The zero-order valence-corrected chi connectivity index (χ0v) is 35.2. The topological polar surface area (TPSA) is 19.4 Å². The fraction of sp³-hybridized carbons (Fsp3) is 0.476. The Morgan fingerprint density at radius 3 is 0.918 bits per heavy atom. The van der Waals surface area contributed by atoms with Crippen molar-refractivity contribution in [3.63, 3.8) is 0 Å². The average molecular weight is 681 g/mol. The Morgan fingerprint density at radius 1 is 0.429 bits per heavy atom. The van der Waals surface area contributed by atoms with Gasteiger partial charge in [0.1, 0.15) is 0 Å². The maximum absolute atomic E-state index is 3.38. The molecule has 4 rings (SSSR count). The van der Waals surface area contributed by atoms with Gasteiger partial charge in [0, 0.05) is 124 Å². The molecule has 1 aliphatic carbocycles. The first kappa shape index (κ1) is 38.0. The van der Waals surface area contributed by atoms with Gasteiger partial charge in [-0.15, -0.1) is 0 Å². The number of benzene rings is 3. The molecule has 0 fully saturated rings. The van der Waals surface area contributed by atoms with Crippen molar-refractivity contribution in [3.8, 4) is 0 Å². The summed E-state index contributed by atoms with van der Waals surface area (Å²) in [6.07, 6.45) is 2.66. The van der Waals surface area contributed by atoms with Gasteiger partial charge in [0.05, 0.1) is 0 Å².